The van der Waals surface area contributed by atoms with E-state index in [0.29, 0.717) is 18.7 Å². The molecule has 0 bridgehead atoms. The van der Waals surface area contributed by atoms with Gasteiger partial charge in [0.2, 0.25) is 5.91 Å². The molecule has 0 radical (unpaired) electrons. The van der Waals surface area contributed by atoms with Crippen molar-refractivity contribution in [1.29, 1.82) is 5.26 Å². The van der Waals surface area contributed by atoms with Crippen LogP contribution in [0.2, 0.25) is 0 Å². The van der Waals surface area contributed by atoms with Gasteiger partial charge in [-0.2, -0.15) is 5.26 Å². The fourth-order valence-corrected chi connectivity index (χ4v) is 2.83. The zero-order valence-corrected chi connectivity index (χ0v) is 13.9. The normalized spacial score (nSPS) is 10.6. The van der Waals surface area contributed by atoms with Gasteiger partial charge in [0, 0.05) is 13.1 Å². The van der Waals surface area contributed by atoms with E-state index in [1.807, 2.05) is 31.2 Å². The van der Waals surface area contributed by atoms with Gasteiger partial charge in [-0.1, -0.05) is 24.3 Å². The van der Waals surface area contributed by atoms with Crippen LogP contribution in [0, 0.1) is 11.3 Å². The van der Waals surface area contributed by atoms with Gasteiger partial charge in [-0.25, -0.2) is 4.79 Å². The summed E-state index contributed by atoms with van der Waals surface area (Å²) in [6.07, 6.45) is 0. The first-order valence-electron chi connectivity index (χ1n) is 8.08. The zero-order valence-electron chi connectivity index (χ0n) is 13.9. The Morgan fingerprint density at radius 1 is 1.08 bits per heavy atom. The molecule has 0 atom stereocenters. The highest BCUT2D eigenvalue weighted by molar-refractivity contribution is 5.80. The summed E-state index contributed by atoms with van der Waals surface area (Å²) in [6, 6.07) is 16.5. The van der Waals surface area contributed by atoms with Crippen molar-refractivity contribution in [3.63, 3.8) is 0 Å². The van der Waals surface area contributed by atoms with Crippen LogP contribution in [0.4, 0.5) is 0 Å². The second-order valence-electron chi connectivity index (χ2n) is 5.69. The standard InChI is InChI=1S/C19H18N4O2/c1-2-22-16-5-3-4-6-17(16)23(19(22)25)13-18(24)21-12-15-9-7-14(11-20)8-10-15/h3-10H,2,12-13H2,1H3,(H,21,24). The Balaban J connectivity index is 1.75. The second kappa shape index (κ2) is 7.05. The number of amides is 1. The minimum atomic E-state index is -0.231. The number of nitriles is 1. The smallest absolute Gasteiger partial charge is 0.329 e. The van der Waals surface area contributed by atoms with E-state index in [0.717, 1.165) is 16.6 Å². The molecule has 0 spiro atoms. The van der Waals surface area contributed by atoms with Gasteiger partial charge in [0.25, 0.3) is 0 Å². The molecule has 1 heterocycles. The van der Waals surface area contributed by atoms with Gasteiger partial charge < -0.3 is 5.32 Å². The van der Waals surface area contributed by atoms with Crippen LogP contribution in [0.1, 0.15) is 18.1 Å². The molecule has 1 amide bonds. The number of hydrogen-bond donors (Lipinski definition) is 1. The van der Waals surface area contributed by atoms with E-state index in [1.165, 1.54) is 4.57 Å². The maximum atomic E-state index is 12.5. The Kier molecular flexibility index (Phi) is 4.66. The maximum Gasteiger partial charge on any atom is 0.329 e. The molecule has 0 saturated heterocycles. The van der Waals surface area contributed by atoms with Crippen molar-refractivity contribution in [3.8, 4) is 6.07 Å². The topological polar surface area (TPSA) is 79.8 Å². The SMILES string of the molecule is CCn1c(=O)n(CC(=O)NCc2ccc(C#N)cc2)c2ccccc21. The number of carbonyl (C=O) groups excluding carboxylic acids is 1. The number of nitrogens with one attached hydrogen (secondary N) is 1. The van der Waals surface area contributed by atoms with E-state index in [-0.39, 0.29) is 18.1 Å². The first-order chi connectivity index (χ1) is 12.1. The van der Waals surface area contributed by atoms with Crippen molar-refractivity contribution in [1.82, 2.24) is 14.5 Å². The summed E-state index contributed by atoms with van der Waals surface area (Å²) >= 11 is 0. The molecule has 3 rings (SSSR count). The molecular formula is C19H18N4O2. The van der Waals surface area contributed by atoms with Gasteiger partial charge >= 0.3 is 5.69 Å². The molecule has 126 valence electrons. The lowest BCUT2D eigenvalue weighted by molar-refractivity contribution is -0.121. The molecule has 2 aromatic carbocycles. The highest BCUT2D eigenvalue weighted by atomic mass is 16.2. The lowest BCUT2D eigenvalue weighted by atomic mass is 10.1. The zero-order chi connectivity index (χ0) is 17.8. The first-order valence-corrected chi connectivity index (χ1v) is 8.08. The quantitative estimate of drug-likeness (QED) is 0.775. The van der Waals surface area contributed by atoms with E-state index in [1.54, 1.807) is 28.8 Å². The molecule has 0 saturated carbocycles. The average molecular weight is 334 g/mol. The molecule has 0 unspecified atom stereocenters. The van der Waals surface area contributed by atoms with Crippen molar-refractivity contribution in [2.45, 2.75) is 26.6 Å². The van der Waals surface area contributed by atoms with Crippen LogP contribution in [0.15, 0.2) is 53.3 Å². The minimum Gasteiger partial charge on any atom is -0.350 e. The highest BCUT2D eigenvalue weighted by Crippen LogP contribution is 2.12. The van der Waals surface area contributed by atoms with Crippen molar-refractivity contribution in [3.05, 3.63) is 70.1 Å². The molecule has 6 nitrogen and oxygen atoms in total. The van der Waals surface area contributed by atoms with Gasteiger partial charge in [-0.05, 0) is 36.8 Å². The van der Waals surface area contributed by atoms with E-state index < -0.39 is 0 Å². The van der Waals surface area contributed by atoms with Crippen molar-refractivity contribution >= 4 is 16.9 Å². The summed E-state index contributed by atoms with van der Waals surface area (Å²) in [7, 11) is 0. The van der Waals surface area contributed by atoms with Gasteiger partial charge in [0.1, 0.15) is 6.54 Å². The summed E-state index contributed by atoms with van der Waals surface area (Å²) in [5.41, 5.74) is 2.87. The van der Waals surface area contributed by atoms with Crippen LogP contribution in [0.25, 0.3) is 11.0 Å². The molecule has 0 aliphatic heterocycles. The largest absolute Gasteiger partial charge is 0.350 e. The highest BCUT2D eigenvalue weighted by Gasteiger charge is 2.14. The summed E-state index contributed by atoms with van der Waals surface area (Å²) in [6.45, 7) is 2.79. The number of aryl methyl sites for hydroxylation is 1. The summed E-state index contributed by atoms with van der Waals surface area (Å²) in [5.74, 6) is -0.231. The number of carbonyl (C=O) groups is 1. The number of para-hydroxylation sites is 2. The lowest BCUT2D eigenvalue weighted by Crippen LogP contribution is -2.32. The van der Waals surface area contributed by atoms with E-state index in [2.05, 4.69) is 11.4 Å². The van der Waals surface area contributed by atoms with Crippen LogP contribution < -0.4 is 11.0 Å². The van der Waals surface area contributed by atoms with E-state index in [9.17, 15) is 9.59 Å². The third kappa shape index (κ3) is 3.31. The number of imidazole rings is 1. The van der Waals surface area contributed by atoms with Crippen LogP contribution in [-0.4, -0.2) is 15.0 Å². The first kappa shape index (κ1) is 16.5. The predicted octanol–water partition coefficient (Wildman–Crippen LogP) is 2.01. The van der Waals surface area contributed by atoms with Crippen molar-refractivity contribution < 1.29 is 4.79 Å². The molecule has 0 aliphatic carbocycles. The Bertz CT molecular complexity index is 1010. The van der Waals surface area contributed by atoms with Crippen molar-refractivity contribution in [2.24, 2.45) is 0 Å². The predicted molar refractivity (Wildman–Crippen MR) is 94.9 cm³/mol. The lowest BCUT2D eigenvalue weighted by Gasteiger charge is -2.06. The summed E-state index contributed by atoms with van der Waals surface area (Å²) in [5, 5.41) is 11.6. The monoisotopic (exact) mass is 334 g/mol. The Morgan fingerprint density at radius 2 is 1.72 bits per heavy atom. The third-order valence-electron chi connectivity index (χ3n) is 4.12. The molecule has 25 heavy (non-hydrogen) atoms. The van der Waals surface area contributed by atoms with Crippen LogP contribution in [0.5, 0.6) is 0 Å². The van der Waals surface area contributed by atoms with Gasteiger partial charge in [0.05, 0.1) is 22.7 Å². The van der Waals surface area contributed by atoms with Crippen molar-refractivity contribution in [2.75, 3.05) is 0 Å². The van der Waals surface area contributed by atoms with Crippen LogP contribution in [-0.2, 0) is 24.4 Å². The van der Waals surface area contributed by atoms with Gasteiger partial charge in [0.15, 0.2) is 0 Å². The molecule has 0 fully saturated rings. The molecule has 0 aliphatic rings. The molecule has 3 aromatic rings. The van der Waals surface area contributed by atoms with Crippen LogP contribution >= 0.6 is 0 Å². The summed E-state index contributed by atoms with van der Waals surface area (Å²) < 4.78 is 3.15. The fourth-order valence-electron chi connectivity index (χ4n) is 2.83. The summed E-state index contributed by atoms with van der Waals surface area (Å²) in [4.78, 5) is 24.8. The van der Waals surface area contributed by atoms with E-state index >= 15 is 0 Å². The average Bonchev–Trinajstić information content (AvgIpc) is 2.91. The third-order valence-corrected chi connectivity index (χ3v) is 4.12. The number of rotatable bonds is 5. The number of aromatic nitrogens is 2. The fraction of sp³-hybridized carbons (Fsp3) is 0.211. The van der Waals surface area contributed by atoms with E-state index in [4.69, 9.17) is 5.26 Å². The maximum absolute atomic E-state index is 12.5. The number of benzene rings is 2. The number of hydrogen-bond acceptors (Lipinski definition) is 3. The van der Waals surface area contributed by atoms with Gasteiger partial charge in [-0.3, -0.25) is 13.9 Å². The van der Waals surface area contributed by atoms with Gasteiger partial charge in [-0.15, -0.1) is 0 Å². The second-order valence-corrected chi connectivity index (χ2v) is 5.69. The number of fused-ring (bicyclic) bond motifs is 1. The Morgan fingerprint density at radius 3 is 2.32 bits per heavy atom. The molecule has 1 aromatic heterocycles. The molecule has 6 heteroatoms. The van der Waals surface area contributed by atoms with Crippen LogP contribution in [0.3, 0.4) is 0 Å². The molecule has 1 N–H and O–H groups in total. The number of nitrogens with zero attached hydrogens (tertiary/aromatic N) is 3. The Labute approximate surface area is 144 Å². The molecular weight excluding hydrogens is 316 g/mol. The minimum absolute atomic E-state index is 0.0252. The Hall–Kier alpha value is -3.33.